The minimum atomic E-state index is -0.782. The van der Waals surface area contributed by atoms with Crippen molar-refractivity contribution in [2.45, 2.75) is 52.6 Å². The summed E-state index contributed by atoms with van der Waals surface area (Å²) in [5, 5.41) is 13.5. The molecule has 0 saturated heterocycles. The van der Waals surface area contributed by atoms with Crippen LogP contribution in [0.1, 0.15) is 44.7 Å². The smallest absolute Gasteiger partial charge is 0.303 e. The fourth-order valence-corrected chi connectivity index (χ4v) is 3.58. The van der Waals surface area contributed by atoms with Crippen LogP contribution in [0.4, 0.5) is 0 Å². The molecule has 158 valence electrons. The lowest BCUT2D eigenvalue weighted by Crippen LogP contribution is -2.05. The maximum atomic E-state index is 10.8. The third-order valence-corrected chi connectivity index (χ3v) is 4.97. The van der Waals surface area contributed by atoms with Crippen LogP contribution in [0.3, 0.4) is 0 Å². The van der Waals surface area contributed by atoms with Gasteiger partial charge in [0.15, 0.2) is 0 Å². The van der Waals surface area contributed by atoms with Crippen LogP contribution in [-0.4, -0.2) is 27.3 Å². The average molecular weight is 429 g/mol. The van der Waals surface area contributed by atoms with Gasteiger partial charge in [-0.2, -0.15) is 4.98 Å². The van der Waals surface area contributed by atoms with Crippen LogP contribution >= 0.6 is 11.6 Å². The van der Waals surface area contributed by atoms with E-state index in [1.807, 2.05) is 38.1 Å². The van der Waals surface area contributed by atoms with Gasteiger partial charge in [-0.25, -0.2) is 0 Å². The van der Waals surface area contributed by atoms with Gasteiger partial charge in [-0.15, -0.1) is 0 Å². The molecule has 0 saturated carbocycles. The first-order valence-corrected chi connectivity index (χ1v) is 10.4. The molecule has 0 aliphatic heterocycles. The highest BCUT2D eigenvalue weighted by Crippen LogP contribution is 2.32. The zero-order valence-corrected chi connectivity index (χ0v) is 18.1. The first kappa shape index (κ1) is 21.8. The highest BCUT2D eigenvalue weighted by molar-refractivity contribution is 6.32. The number of aromatic nitrogens is 2. The summed E-state index contributed by atoms with van der Waals surface area (Å²) in [7, 11) is 0. The van der Waals surface area contributed by atoms with Gasteiger partial charge in [-0.3, -0.25) is 4.79 Å². The van der Waals surface area contributed by atoms with E-state index in [4.69, 9.17) is 26.0 Å². The Morgan fingerprint density at radius 3 is 2.73 bits per heavy atom. The van der Waals surface area contributed by atoms with Crippen LogP contribution in [0.25, 0.3) is 22.8 Å². The molecule has 1 N–H and O–H groups in total. The number of ether oxygens (including phenoxy) is 1. The van der Waals surface area contributed by atoms with Crippen molar-refractivity contribution in [3.8, 4) is 28.6 Å². The highest BCUT2D eigenvalue weighted by Gasteiger charge is 2.17. The van der Waals surface area contributed by atoms with Crippen molar-refractivity contribution in [3.63, 3.8) is 0 Å². The van der Waals surface area contributed by atoms with Gasteiger partial charge in [0.2, 0.25) is 5.82 Å². The minimum Gasteiger partial charge on any atom is -0.489 e. The fourth-order valence-electron chi connectivity index (χ4n) is 3.36. The first-order valence-electron chi connectivity index (χ1n) is 10.0. The second-order valence-electron chi connectivity index (χ2n) is 7.28. The van der Waals surface area contributed by atoms with Gasteiger partial charge < -0.3 is 14.4 Å². The van der Waals surface area contributed by atoms with E-state index in [-0.39, 0.29) is 12.5 Å². The fraction of sp³-hybridized carbons (Fsp3) is 0.348. The molecule has 0 aliphatic rings. The molecule has 0 fully saturated rings. The van der Waals surface area contributed by atoms with E-state index in [9.17, 15) is 4.79 Å². The molecule has 0 bridgehead atoms. The summed E-state index contributed by atoms with van der Waals surface area (Å²) in [6, 6.07) is 11.3. The van der Waals surface area contributed by atoms with Gasteiger partial charge in [0.25, 0.3) is 5.89 Å². The van der Waals surface area contributed by atoms with Crippen LogP contribution in [0, 0.1) is 0 Å². The molecule has 1 aromatic heterocycles. The number of hydrogen-bond donors (Lipinski definition) is 1. The number of nitrogens with zero attached hydrogens (tertiary/aromatic N) is 2. The predicted molar refractivity (Wildman–Crippen MR) is 116 cm³/mol. The summed E-state index contributed by atoms with van der Waals surface area (Å²) in [5.41, 5.74) is 3.83. The van der Waals surface area contributed by atoms with E-state index in [1.54, 1.807) is 12.1 Å². The lowest BCUT2D eigenvalue weighted by molar-refractivity contribution is -0.137. The maximum absolute atomic E-state index is 10.8. The second-order valence-corrected chi connectivity index (χ2v) is 7.69. The summed E-state index contributed by atoms with van der Waals surface area (Å²) in [6.07, 6.45) is 2.25. The van der Waals surface area contributed by atoms with Gasteiger partial charge in [0.1, 0.15) is 5.75 Å². The Balaban J connectivity index is 1.87. The van der Waals surface area contributed by atoms with E-state index in [2.05, 4.69) is 17.1 Å². The van der Waals surface area contributed by atoms with Crippen molar-refractivity contribution in [2.75, 3.05) is 0 Å². The van der Waals surface area contributed by atoms with E-state index in [1.165, 1.54) is 0 Å². The van der Waals surface area contributed by atoms with E-state index >= 15 is 0 Å². The molecule has 3 rings (SSSR count). The molecule has 0 atom stereocenters. The largest absolute Gasteiger partial charge is 0.489 e. The Hall–Kier alpha value is -2.86. The number of rotatable bonds is 9. The Bertz CT molecular complexity index is 1030. The Morgan fingerprint density at radius 2 is 2.07 bits per heavy atom. The number of carboxylic acids is 1. The van der Waals surface area contributed by atoms with Crippen LogP contribution in [0.2, 0.25) is 5.02 Å². The molecule has 0 spiro atoms. The normalized spacial score (nSPS) is 11.1. The molecule has 0 aliphatic carbocycles. The Labute approximate surface area is 180 Å². The lowest BCUT2D eigenvalue weighted by Gasteiger charge is -2.11. The molecule has 0 amide bonds. The maximum Gasteiger partial charge on any atom is 0.303 e. The summed E-state index contributed by atoms with van der Waals surface area (Å²) in [5.74, 6) is 0.704. The topological polar surface area (TPSA) is 85.5 Å². The van der Waals surface area contributed by atoms with Gasteiger partial charge in [-0.05, 0) is 62.4 Å². The number of carboxylic acid groups (broad SMARTS) is 1. The SMILES string of the molecule is CCc1c(CCCC(=O)O)cccc1-c1noc(-c2ccc(OC(C)C)c(Cl)c2)n1. The third kappa shape index (κ3) is 5.19. The number of benzene rings is 2. The van der Waals surface area contributed by atoms with Gasteiger partial charge >= 0.3 is 5.97 Å². The van der Waals surface area contributed by atoms with E-state index < -0.39 is 5.97 Å². The zero-order chi connectivity index (χ0) is 21.7. The summed E-state index contributed by atoms with van der Waals surface area (Å²) >= 11 is 6.33. The van der Waals surface area contributed by atoms with Crippen molar-refractivity contribution < 1.29 is 19.2 Å². The molecule has 6 nitrogen and oxygen atoms in total. The predicted octanol–water partition coefficient (Wildman–Crippen LogP) is 5.81. The second kappa shape index (κ2) is 9.76. The third-order valence-electron chi connectivity index (χ3n) is 4.67. The molecule has 1 heterocycles. The van der Waals surface area contributed by atoms with E-state index in [0.717, 1.165) is 23.1 Å². The van der Waals surface area contributed by atoms with Crippen LogP contribution in [-0.2, 0) is 17.6 Å². The Morgan fingerprint density at radius 1 is 1.27 bits per heavy atom. The van der Waals surface area contributed by atoms with Crippen molar-refractivity contribution in [1.82, 2.24) is 10.1 Å². The van der Waals surface area contributed by atoms with Gasteiger partial charge in [0.05, 0.1) is 11.1 Å². The quantitative estimate of drug-likeness (QED) is 0.462. The van der Waals surface area contributed by atoms with Crippen molar-refractivity contribution in [2.24, 2.45) is 0 Å². The van der Waals surface area contributed by atoms with Crippen molar-refractivity contribution in [3.05, 3.63) is 52.5 Å². The van der Waals surface area contributed by atoms with Crippen LogP contribution in [0.5, 0.6) is 5.75 Å². The molecule has 7 heteroatoms. The molecular weight excluding hydrogens is 404 g/mol. The standard InChI is InChI=1S/C23H25ClN2O4/c1-4-17-15(8-6-10-21(27)28)7-5-9-18(17)22-25-23(30-26-22)16-11-12-20(19(24)13-16)29-14(2)3/h5,7,9,11-14H,4,6,8,10H2,1-3H3,(H,27,28). The van der Waals surface area contributed by atoms with Crippen molar-refractivity contribution >= 4 is 17.6 Å². The minimum absolute atomic E-state index is 0.0265. The van der Waals surface area contributed by atoms with Crippen molar-refractivity contribution in [1.29, 1.82) is 0 Å². The number of halogens is 1. The zero-order valence-electron chi connectivity index (χ0n) is 17.3. The first-order chi connectivity index (χ1) is 14.4. The summed E-state index contributed by atoms with van der Waals surface area (Å²) in [4.78, 5) is 15.4. The van der Waals surface area contributed by atoms with E-state index in [0.29, 0.717) is 40.9 Å². The lowest BCUT2D eigenvalue weighted by atomic mass is 9.95. The molecule has 3 aromatic rings. The number of hydrogen-bond acceptors (Lipinski definition) is 5. The monoisotopic (exact) mass is 428 g/mol. The van der Waals surface area contributed by atoms with Gasteiger partial charge in [-0.1, -0.05) is 41.9 Å². The Kier molecular flexibility index (Phi) is 7.11. The number of aliphatic carboxylic acids is 1. The van der Waals surface area contributed by atoms with Crippen LogP contribution < -0.4 is 4.74 Å². The average Bonchev–Trinajstić information content (AvgIpc) is 3.18. The molecular formula is C23H25ClN2O4. The van der Waals surface area contributed by atoms with Gasteiger partial charge in [0, 0.05) is 17.5 Å². The summed E-state index contributed by atoms with van der Waals surface area (Å²) in [6.45, 7) is 5.94. The molecule has 0 radical (unpaired) electrons. The molecule has 2 aromatic carbocycles. The molecule has 0 unspecified atom stereocenters. The summed E-state index contributed by atoms with van der Waals surface area (Å²) < 4.78 is 11.2. The molecule has 30 heavy (non-hydrogen) atoms. The number of aryl methyl sites for hydroxylation is 1. The number of carbonyl (C=O) groups is 1. The highest BCUT2D eigenvalue weighted by atomic mass is 35.5. The van der Waals surface area contributed by atoms with Crippen LogP contribution in [0.15, 0.2) is 40.9 Å².